The molecule has 1 unspecified atom stereocenters. The number of para-hydroxylation sites is 2. The normalized spacial score (nSPS) is 12.3. The Morgan fingerprint density at radius 2 is 1.75 bits per heavy atom. The fourth-order valence-electron chi connectivity index (χ4n) is 2.67. The van der Waals surface area contributed by atoms with Gasteiger partial charge in [0, 0.05) is 6.54 Å². The second-order valence-electron chi connectivity index (χ2n) is 5.88. The van der Waals surface area contributed by atoms with E-state index in [0.717, 1.165) is 29.1 Å². The molecule has 124 valence electrons. The number of aromatic nitrogens is 2. The topological polar surface area (TPSA) is 50.3 Å². The third-order valence-corrected chi connectivity index (χ3v) is 4.05. The van der Waals surface area contributed by atoms with Gasteiger partial charge in [-0.1, -0.05) is 24.3 Å². The van der Waals surface area contributed by atoms with E-state index in [-0.39, 0.29) is 6.04 Å². The first-order valence-corrected chi connectivity index (χ1v) is 7.93. The van der Waals surface area contributed by atoms with E-state index in [1.807, 2.05) is 36.4 Å². The second-order valence-corrected chi connectivity index (χ2v) is 5.88. The molecule has 24 heavy (non-hydrogen) atoms. The van der Waals surface area contributed by atoms with Crippen molar-refractivity contribution in [2.75, 3.05) is 33.1 Å². The van der Waals surface area contributed by atoms with Crippen LogP contribution in [0.5, 0.6) is 5.75 Å². The van der Waals surface area contributed by atoms with Gasteiger partial charge in [-0.15, -0.1) is 0 Å². The Hall–Kier alpha value is -2.66. The minimum atomic E-state index is 0.226. The number of anilines is 1. The highest BCUT2D eigenvalue weighted by Gasteiger charge is 2.14. The number of rotatable bonds is 6. The molecule has 0 aliphatic carbocycles. The molecule has 0 bridgehead atoms. The van der Waals surface area contributed by atoms with Crippen molar-refractivity contribution in [2.24, 2.45) is 0 Å². The monoisotopic (exact) mass is 322 g/mol. The zero-order valence-corrected chi connectivity index (χ0v) is 14.2. The molecule has 5 nitrogen and oxygen atoms in total. The summed E-state index contributed by atoms with van der Waals surface area (Å²) in [6.07, 6.45) is 1.78. The molecule has 0 amide bonds. The molecule has 0 aliphatic heterocycles. The zero-order valence-electron chi connectivity index (χ0n) is 14.2. The summed E-state index contributed by atoms with van der Waals surface area (Å²) in [5, 5.41) is 3.40. The van der Waals surface area contributed by atoms with Crippen molar-refractivity contribution in [3.8, 4) is 5.75 Å². The van der Waals surface area contributed by atoms with Crippen molar-refractivity contribution < 1.29 is 4.74 Å². The van der Waals surface area contributed by atoms with E-state index in [0.29, 0.717) is 0 Å². The van der Waals surface area contributed by atoms with Crippen LogP contribution in [-0.2, 0) is 0 Å². The highest BCUT2D eigenvalue weighted by Crippen LogP contribution is 2.22. The number of hydrogen-bond donors (Lipinski definition) is 1. The number of fused-ring (bicyclic) bond motifs is 1. The van der Waals surface area contributed by atoms with Gasteiger partial charge in [0.1, 0.15) is 11.6 Å². The van der Waals surface area contributed by atoms with E-state index in [9.17, 15) is 0 Å². The number of benzene rings is 2. The Kier molecular flexibility index (Phi) is 4.91. The summed E-state index contributed by atoms with van der Waals surface area (Å²) in [7, 11) is 5.82. The third-order valence-electron chi connectivity index (χ3n) is 4.05. The first kappa shape index (κ1) is 16.2. The van der Waals surface area contributed by atoms with Gasteiger partial charge in [-0.05, 0) is 43.9 Å². The van der Waals surface area contributed by atoms with Crippen LogP contribution >= 0.6 is 0 Å². The minimum Gasteiger partial charge on any atom is -0.497 e. The van der Waals surface area contributed by atoms with Crippen molar-refractivity contribution in [3.63, 3.8) is 0 Å². The Labute approximate surface area is 142 Å². The molecule has 2 aromatic carbocycles. The van der Waals surface area contributed by atoms with Gasteiger partial charge in [0.05, 0.1) is 30.4 Å². The number of ether oxygens (including phenoxy) is 1. The maximum Gasteiger partial charge on any atom is 0.145 e. The van der Waals surface area contributed by atoms with Crippen molar-refractivity contribution in [1.82, 2.24) is 14.9 Å². The SMILES string of the molecule is COc1ccc(C(CNc2cnc3ccccc3n2)N(C)C)cc1. The molecule has 1 heterocycles. The second kappa shape index (κ2) is 7.27. The van der Waals surface area contributed by atoms with E-state index < -0.39 is 0 Å². The first-order valence-electron chi connectivity index (χ1n) is 7.93. The number of hydrogen-bond acceptors (Lipinski definition) is 5. The maximum atomic E-state index is 5.23. The molecule has 0 fully saturated rings. The fraction of sp³-hybridized carbons (Fsp3) is 0.263. The molecule has 5 heteroatoms. The van der Waals surface area contributed by atoms with Gasteiger partial charge in [0.25, 0.3) is 0 Å². The predicted octanol–water partition coefficient (Wildman–Crippen LogP) is 3.35. The largest absolute Gasteiger partial charge is 0.497 e. The molecule has 0 saturated heterocycles. The molecule has 0 aliphatic rings. The highest BCUT2D eigenvalue weighted by atomic mass is 16.5. The standard InChI is InChI=1S/C19H22N4O/c1-23(2)18(14-8-10-15(24-3)11-9-14)12-21-19-13-20-16-6-4-5-7-17(16)22-19/h4-11,13,18H,12H2,1-3H3,(H,21,22). The van der Waals surface area contributed by atoms with E-state index in [1.54, 1.807) is 13.3 Å². The summed E-state index contributed by atoms with van der Waals surface area (Å²) in [6.45, 7) is 0.742. The van der Waals surface area contributed by atoms with Crippen LogP contribution < -0.4 is 10.1 Å². The summed E-state index contributed by atoms with van der Waals surface area (Å²) in [4.78, 5) is 11.2. The molecule has 3 aromatic rings. The van der Waals surface area contributed by atoms with Crippen molar-refractivity contribution >= 4 is 16.9 Å². The van der Waals surface area contributed by atoms with E-state index >= 15 is 0 Å². The Morgan fingerprint density at radius 1 is 1.04 bits per heavy atom. The lowest BCUT2D eigenvalue weighted by Crippen LogP contribution is -2.27. The van der Waals surface area contributed by atoms with Gasteiger partial charge in [-0.25, -0.2) is 4.98 Å². The average molecular weight is 322 g/mol. The summed E-state index contributed by atoms with van der Waals surface area (Å²) in [6, 6.07) is 16.3. The van der Waals surface area contributed by atoms with E-state index in [2.05, 4.69) is 46.4 Å². The maximum absolute atomic E-state index is 5.23. The van der Waals surface area contributed by atoms with Crippen LogP contribution in [0.3, 0.4) is 0 Å². The van der Waals surface area contributed by atoms with Gasteiger partial charge in [-0.2, -0.15) is 0 Å². The van der Waals surface area contributed by atoms with Crippen LogP contribution in [0, 0.1) is 0 Å². The lowest BCUT2D eigenvalue weighted by molar-refractivity contribution is 0.311. The molecular formula is C19H22N4O. The molecule has 3 rings (SSSR count). The summed E-state index contributed by atoms with van der Waals surface area (Å²) in [5.74, 6) is 1.65. The summed E-state index contributed by atoms with van der Waals surface area (Å²) >= 11 is 0. The molecule has 0 saturated carbocycles. The number of methoxy groups -OCH3 is 1. The van der Waals surface area contributed by atoms with Crippen LogP contribution in [0.15, 0.2) is 54.7 Å². The van der Waals surface area contributed by atoms with E-state index in [4.69, 9.17) is 4.74 Å². The summed E-state index contributed by atoms with van der Waals surface area (Å²) in [5.41, 5.74) is 3.03. The average Bonchev–Trinajstić information content (AvgIpc) is 2.62. The van der Waals surface area contributed by atoms with Gasteiger partial charge in [-0.3, -0.25) is 4.98 Å². The molecule has 1 atom stereocenters. The Balaban J connectivity index is 1.75. The van der Waals surface area contributed by atoms with Crippen molar-refractivity contribution in [1.29, 1.82) is 0 Å². The van der Waals surface area contributed by atoms with Crippen LogP contribution in [0.25, 0.3) is 11.0 Å². The van der Waals surface area contributed by atoms with E-state index in [1.165, 1.54) is 5.56 Å². The van der Waals surface area contributed by atoms with Crippen molar-refractivity contribution in [3.05, 3.63) is 60.3 Å². The molecule has 0 radical (unpaired) electrons. The number of nitrogens with one attached hydrogen (secondary N) is 1. The number of nitrogens with zero attached hydrogens (tertiary/aromatic N) is 3. The minimum absolute atomic E-state index is 0.226. The van der Waals surface area contributed by atoms with Crippen molar-refractivity contribution in [2.45, 2.75) is 6.04 Å². The van der Waals surface area contributed by atoms with Crippen LogP contribution in [0.2, 0.25) is 0 Å². The van der Waals surface area contributed by atoms with Gasteiger partial charge in [0.15, 0.2) is 0 Å². The van der Waals surface area contributed by atoms with Gasteiger partial charge >= 0.3 is 0 Å². The van der Waals surface area contributed by atoms with Gasteiger partial charge < -0.3 is 15.0 Å². The lowest BCUT2D eigenvalue weighted by atomic mass is 10.1. The van der Waals surface area contributed by atoms with Gasteiger partial charge in [0.2, 0.25) is 0 Å². The first-order chi connectivity index (χ1) is 11.7. The predicted molar refractivity (Wildman–Crippen MR) is 97.4 cm³/mol. The van der Waals surface area contributed by atoms with Crippen LogP contribution in [-0.4, -0.2) is 42.6 Å². The van der Waals surface area contributed by atoms with Crippen LogP contribution in [0.4, 0.5) is 5.82 Å². The molecule has 1 N–H and O–H groups in total. The third kappa shape index (κ3) is 3.63. The smallest absolute Gasteiger partial charge is 0.145 e. The Morgan fingerprint density at radius 3 is 2.42 bits per heavy atom. The molecule has 0 spiro atoms. The Bertz CT molecular complexity index is 802. The molecule has 1 aromatic heterocycles. The summed E-state index contributed by atoms with van der Waals surface area (Å²) < 4.78 is 5.23. The van der Waals surface area contributed by atoms with Crippen LogP contribution in [0.1, 0.15) is 11.6 Å². The fourth-order valence-corrected chi connectivity index (χ4v) is 2.67. The number of likely N-dealkylation sites (N-methyl/N-ethyl adjacent to an activating group) is 1. The lowest BCUT2D eigenvalue weighted by Gasteiger charge is -2.25. The molecular weight excluding hydrogens is 300 g/mol. The zero-order chi connectivity index (χ0) is 16.9. The highest BCUT2D eigenvalue weighted by molar-refractivity contribution is 5.75. The quantitative estimate of drug-likeness (QED) is 0.754.